The number of amides is 3. The number of hydrogen-bond acceptors (Lipinski definition) is 8. The summed E-state index contributed by atoms with van der Waals surface area (Å²) in [6.07, 6.45) is 0. The molecule has 174 valence electrons. The molecule has 0 aliphatic carbocycles. The van der Waals surface area contributed by atoms with Gasteiger partial charge in [0.2, 0.25) is 5.91 Å². The predicted molar refractivity (Wildman–Crippen MR) is 117 cm³/mol. The molecule has 1 aliphatic heterocycles. The van der Waals surface area contributed by atoms with Crippen molar-refractivity contribution in [2.45, 2.75) is 11.7 Å². The zero-order valence-corrected chi connectivity index (χ0v) is 18.7. The minimum atomic E-state index is -0.576. The molecule has 12 heteroatoms. The van der Waals surface area contributed by atoms with E-state index in [0.717, 1.165) is 25.2 Å². The number of carbonyl (C=O) groups is 2. The average Bonchev–Trinajstić information content (AvgIpc) is 3.20. The molecule has 3 amide bonds. The van der Waals surface area contributed by atoms with Crippen LogP contribution in [0.1, 0.15) is 0 Å². The molecule has 0 saturated carbocycles. The van der Waals surface area contributed by atoms with E-state index in [9.17, 15) is 14.0 Å². The second-order valence-electron chi connectivity index (χ2n) is 7.00. The van der Waals surface area contributed by atoms with E-state index in [2.05, 4.69) is 25.7 Å². The zero-order valence-electron chi connectivity index (χ0n) is 17.9. The Labute approximate surface area is 189 Å². The molecule has 1 fully saturated rings. The highest BCUT2D eigenvalue weighted by Crippen LogP contribution is 2.24. The highest BCUT2D eigenvalue weighted by atomic mass is 32.2. The van der Waals surface area contributed by atoms with Crippen molar-refractivity contribution in [3.05, 3.63) is 30.1 Å². The maximum atomic E-state index is 13.4. The van der Waals surface area contributed by atoms with Crippen LogP contribution in [0.5, 0.6) is 0 Å². The Morgan fingerprint density at radius 1 is 1.19 bits per heavy atom. The van der Waals surface area contributed by atoms with Crippen molar-refractivity contribution in [1.82, 2.24) is 30.3 Å². The van der Waals surface area contributed by atoms with Crippen LogP contribution in [0.15, 0.2) is 29.4 Å². The number of halogens is 1. The van der Waals surface area contributed by atoms with E-state index in [4.69, 9.17) is 9.47 Å². The summed E-state index contributed by atoms with van der Waals surface area (Å²) < 4.78 is 25.5. The van der Waals surface area contributed by atoms with Gasteiger partial charge in [0.15, 0.2) is 11.0 Å². The third-order valence-electron chi connectivity index (χ3n) is 4.74. The molecular weight excluding hydrogens is 439 g/mol. The number of nitrogens with zero attached hydrogens (tertiary/aromatic N) is 4. The van der Waals surface area contributed by atoms with Gasteiger partial charge >= 0.3 is 6.03 Å². The molecule has 0 bridgehead atoms. The second-order valence-corrected chi connectivity index (χ2v) is 7.95. The Kier molecular flexibility index (Phi) is 9.41. The Bertz CT molecular complexity index is 889. The monoisotopic (exact) mass is 466 g/mol. The number of aromatic nitrogens is 3. The fourth-order valence-corrected chi connectivity index (χ4v) is 3.84. The maximum Gasteiger partial charge on any atom is 0.321 e. The number of carbonyl (C=O) groups excluding carboxylic acids is 2. The Morgan fingerprint density at radius 3 is 2.66 bits per heavy atom. The summed E-state index contributed by atoms with van der Waals surface area (Å²) in [6.45, 7) is 5.10. The molecule has 0 radical (unpaired) electrons. The van der Waals surface area contributed by atoms with Gasteiger partial charge in [-0.25, -0.2) is 9.18 Å². The topological polar surface area (TPSA) is 111 Å². The second kappa shape index (κ2) is 12.5. The van der Waals surface area contributed by atoms with E-state index < -0.39 is 11.9 Å². The van der Waals surface area contributed by atoms with Crippen LogP contribution in [0.25, 0.3) is 11.4 Å². The first-order chi connectivity index (χ1) is 15.6. The van der Waals surface area contributed by atoms with Gasteiger partial charge in [0.05, 0.1) is 25.6 Å². The summed E-state index contributed by atoms with van der Waals surface area (Å²) in [5.41, 5.74) is 0.731. The molecule has 2 aromatic rings. The maximum absolute atomic E-state index is 13.4. The van der Waals surface area contributed by atoms with Gasteiger partial charge in [0, 0.05) is 45.4 Å². The largest absolute Gasteiger partial charge is 0.383 e. The average molecular weight is 467 g/mol. The molecule has 0 unspecified atom stereocenters. The number of methoxy groups -OCH3 is 1. The van der Waals surface area contributed by atoms with E-state index in [1.807, 2.05) is 4.57 Å². The number of imide groups is 1. The van der Waals surface area contributed by atoms with Crippen molar-refractivity contribution < 1.29 is 23.5 Å². The lowest BCUT2D eigenvalue weighted by molar-refractivity contribution is -0.117. The Morgan fingerprint density at radius 2 is 1.94 bits per heavy atom. The summed E-state index contributed by atoms with van der Waals surface area (Å²) >= 11 is 1.19. The fourth-order valence-electron chi connectivity index (χ4n) is 3.08. The standard InChI is InChI=1S/C20H27FN6O4S/c1-30-11-6-22-19(29)23-17(28)14-32-20-25-24-18(15-2-4-16(21)5-3-15)27(20)8-7-26-9-12-31-13-10-26/h2-5H,6-14H2,1H3,(H2,22,23,28,29). The van der Waals surface area contributed by atoms with Gasteiger partial charge in [0.25, 0.3) is 0 Å². The first-order valence-corrected chi connectivity index (χ1v) is 11.2. The number of ether oxygens (including phenoxy) is 2. The van der Waals surface area contributed by atoms with Crippen molar-refractivity contribution in [2.24, 2.45) is 0 Å². The summed E-state index contributed by atoms with van der Waals surface area (Å²) in [5, 5.41) is 13.8. The first kappa shape index (κ1) is 24.1. The van der Waals surface area contributed by atoms with E-state index in [1.54, 1.807) is 12.1 Å². The number of rotatable bonds is 10. The van der Waals surface area contributed by atoms with Gasteiger partial charge in [-0.3, -0.25) is 15.0 Å². The molecule has 2 N–H and O–H groups in total. The van der Waals surface area contributed by atoms with Gasteiger partial charge in [-0.05, 0) is 24.3 Å². The van der Waals surface area contributed by atoms with Crippen LogP contribution >= 0.6 is 11.8 Å². The van der Waals surface area contributed by atoms with Crippen LogP contribution in [0.4, 0.5) is 9.18 Å². The molecular formula is C20H27FN6O4S. The number of benzene rings is 1. The van der Waals surface area contributed by atoms with E-state index in [-0.39, 0.29) is 11.6 Å². The summed E-state index contributed by atoms with van der Waals surface area (Å²) in [7, 11) is 1.52. The third-order valence-corrected chi connectivity index (χ3v) is 5.71. The van der Waals surface area contributed by atoms with Crippen molar-refractivity contribution in [1.29, 1.82) is 0 Å². The summed E-state index contributed by atoms with van der Waals surface area (Å²) in [4.78, 5) is 26.1. The minimum Gasteiger partial charge on any atom is -0.383 e. The van der Waals surface area contributed by atoms with Gasteiger partial charge in [0.1, 0.15) is 5.82 Å². The van der Waals surface area contributed by atoms with Gasteiger partial charge < -0.3 is 19.4 Å². The van der Waals surface area contributed by atoms with Crippen molar-refractivity contribution >= 4 is 23.7 Å². The molecule has 1 saturated heterocycles. The van der Waals surface area contributed by atoms with Crippen LogP contribution in [0, 0.1) is 5.82 Å². The minimum absolute atomic E-state index is 0.00317. The normalized spacial score (nSPS) is 14.3. The smallest absolute Gasteiger partial charge is 0.321 e. The summed E-state index contributed by atoms with van der Waals surface area (Å²) in [6, 6.07) is 5.47. The van der Waals surface area contributed by atoms with Crippen LogP contribution in [-0.2, 0) is 20.8 Å². The summed E-state index contributed by atoms with van der Waals surface area (Å²) in [5.74, 6) is -0.186. The SMILES string of the molecule is COCCNC(=O)NC(=O)CSc1nnc(-c2ccc(F)cc2)n1CCN1CCOCC1. The van der Waals surface area contributed by atoms with Crippen LogP contribution in [-0.4, -0.2) is 90.5 Å². The van der Waals surface area contributed by atoms with E-state index in [1.165, 1.54) is 31.0 Å². The molecule has 0 atom stereocenters. The number of urea groups is 1. The third kappa shape index (κ3) is 7.26. The number of morpholine rings is 1. The molecule has 1 aliphatic rings. The lowest BCUT2D eigenvalue weighted by atomic mass is 10.2. The molecule has 2 heterocycles. The first-order valence-electron chi connectivity index (χ1n) is 10.3. The predicted octanol–water partition coefficient (Wildman–Crippen LogP) is 0.981. The van der Waals surface area contributed by atoms with Crippen LogP contribution in [0.2, 0.25) is 0 Å². The number of hydrogen-bond donors (Lipinski definition) is 2. The molecule has 3 rings (SSSR count). The molecule has 10 nitrogen and oxygen atoms in total. The lowest BCUT2D eigenvalue weighted by Crippen LogP contribution is -2.41. The molecule has 32 heavy (non-hydrogen) atoms. The quantitative estimate of drug-likeness (QED) is 0.394. The van der Waals surface area contributed by atoms with Crippen LogP contribution < -0.4 is 10.6 Å². The Balaban J connectivity index is 1.65. The Hall–Kier alpha value is -2.54. The van der Waals surface area contributed by atoms with Crippen molar-refractivity contribution in [3.8, 4) is 11.4 Å². The highest BCUT2D eigenvalue weighted by molar-refractivity contribution is 7.99. The molecule has 1 aromatic carbocycles. The number of nitrogens with one attached hydrogen (secondary N) is 2. The molecule has 1 aromatic heterocycles. The van der Waals surface area contributed by atoms with Crippen molar-refractivity contribution in [2.75, 3.05) is 58.9 Å². The van der Waals surface area contributed by atoms with Crippen LogP contribution in [0.3, 0.4) is 0 Å². The van der Waals surface area contributed by atoms with E-state index in [0.29, 0.717) is 43.9 Å². The van der Waals surface area contributed by atoms with Gasteiger partial charge in [-0.2, -0.15) is 0 Å². The van der Waals surface area contributed by atoms with Gasteiger partial charge in [-0.15, -0.1) is 10.2 Å². The number of thioether (sulfide) groups is 1. The lowest BCUT2D eigenvalue weighted by Gasteiger charge is -2.27. The van der Waals surface area contributed by atoms with E-state index >= 15 is 0 Å². The highest BCUT2D eigenvalue weighted by Gasteiger charge is 2.18. The molecule has 0 spiro atoms. The fraction of sp³-hybridized carbons (Fsp3) is 0.500. The van der Waals surface area contributed by atoms with Crippen molar-refractivity contribution in [3.63, 3.8) is 0 Å². The van der Waals surface area contributed by atoms with Gasteiger partial charge in [-0.1, -0.05) is 11.8 Å². The zero-order chi connectivity index (χ0) is 22.8.